The van der Waals surface area contributed by atoms with Gasteiger partial charge in [0.1, 0.15) is 0 Å². The monoisotopic (exact) mass is 977 g/mol. The van der Waals surface area contributed by atoms with Crippen LogP contribution in [-0.2, 0) is 10.8 Å². The van der Waals surface area contributed by atoms with Crippen LogP contribution < -0.4 is 4.90 Å². The van der Waals surface area contributed by atoms with Crippen molar-refractivity contribution in [1.29, 1.82) is 0 Å². The number of hydrogen-bond acceptors (Lipinski definition) is 1. The maximum Gasteiger partial charge on any atom is 0.0755 e. The van der Waals surface area contributed by atoms with Gasteiger partial charge in [-0.2, -0.15) is 0 Å². The highest BCUT2D eigenvalue weighted by Gasteiger charge is 2.52. The maximum absolute atomic E-state index is 2.56. The fraction of sp³-hybridized carbons (Fsp3) is 0.0270. The third kappa shape index (κ3) is 5.44. The Morgan fingerprint density at radius 3 is 1.45 bits per heavy atom. The molecule has 0 amide bonds. The lowest BCUT2D eigenvalue weighted by Gasteiger charge is -2.40. The summed E-state index contributed by atoms with van der Waals surface area (Å²) in [5.41, 5.74) is 24.6. The van der Waals surface area contributed by atoms with Crippen molar-refractivity contribution < 1.29 is 0 Å². The Balaban J connectivity index is 0.961. The molecule has 1 unspecified atom stereocenters. The van der Waals surface area contributed by atoms with E-state index in [0.717, 1.165) is 22.7 Å². The van der Waals surface area contributed by atoms with Gasteiger partial charge in [0.2, 0.25) is 0 Å². The van der Waals surface area contributed by atoms with E-state index < -0.39 is 10.8 Å². The number of hydrogen-bond donors (Lipinski definition) is 0. The highest BCUT2D eigenvalue weighted by Crippen LogP contribution is 2.63. The lowest BCUT2D eigenvalue weighted by Crippen LogP contribution is -2.33. The Bertz CT molecular complexity index is 4660. The Hall–Kier alpha value is -9.96. The zero-order valence-corrected chi connectivity index (χ0v) is 42.0. The topological polar surface area (TPSA) is 13.1 Å². The van der Waals surface area contributed by atoms with Gasteiger partial charge in [-0.1, -0.05) is 218 Å². The normalized spacial score (nSPS) is 15.2. The molecule has 0 radical (unpaired) electrons. The molecule has 2 aliphatic carbocycles. The Labute approximate surface area is 446 Å². The van der Waals surface area contributed by atoms with Crippen molar-refractivity contribution in [2.75, 3.05) is 4.90 Å². The summed E-state index contributed by atoms with van der Waals surface area (Å²) in [5.74, 6) is 0. The molecule has 0 bridgehead atoms. The van der Waals surface area contributed by atoms with Gasteiger partial charge < -0.3 is 14.0 Å². The lowest BCUT2D eigenvalue weighted by molar-refractivity contribution is 0.748. The van der Waals surface area contributed by atoms with Gasteiger partial charge in [0.25, 0.3) is 0 Å². The van der Waals surface area contributed by atoms with Crippen LogP contribution in [0.4, 0.5) is 17.1 Å². The molecule has 1 atom stereocenters. The minimum atomic E-state index is -0.616. The molecule has 3 heterocycles. The molecule has 77 heavy (non-hydrogen) atoms. The van der Waals surface area contributed by atoms with Crippen molar-refractivity contribution in [3.63, 3.8) is 0 Å². The van der Waals surface area contributed by atoms with Gasteiger partial charge in [-0.25, -0.2) is 0 Å². The summed E-state index contributed by atoms with van der Waals surface area (Å²) in [6, 6.07) is 107. The molecule has 12 aromatic carbocycles. The quantitative estimate of drug-likeness (QED) is 0.162. The molecule has 0 saturated heterocycles. The summed E-state index contributed by atoms with van der Waals surface area (Å²) >= 11 is 0. The molecule has 3 heteroatoms. The molecule has 14 aromatic rings. The van der Waals surface area contributed by atoms with Gasteiger partial charge >= 0.3 is 0 Å². The third-order valence-electron chi connectivity index (χ3n) is 17.6. The predicted molar refractivity (Wildman–Crippen MR) is 318 cm³/mol. The van der Waals surface area contributed by atoms with E-state index in [-0.39, 0.29) is 0 Å². The van der Waals surface area contributed by atoms with Crippen molar-refractivity contribution >= 4 is 60.7 Å². The number of rotatable bonds is 6. The van der Waals surface area contributed by atoms with Gasteiger partial charge in [0.05, 0.1) is 44.3 Å². The van der Waals surface area contributed by atoms with Gasteiger partial charge in [-0.15, -0.1) is 0 Å². The molecule has 1 aliphatic heterocycles. The van der Waals surface area contributed by atoms with Gasteiger partial charge in [-0.3, -0.25) is 0 Å². The van der Waals surface area contributed by atoms with Gasteiger partial charge in [0, 0.05) is 44.2 Å². The van der Waals surface area contributed by atoms with E-state index in [0.29, 0.717) is 0 Å². The number of aromatic nitrogens is 2. The average molecular weight is 978 g/mol. The molecule has 0 N–H and O–H groups in total. The van der Waals surface area contributed by atoms with Crippen molar-refractivity contribution in [3.05, 3.63) is 330 Å². The van der Waals surface area contributed by atoms with Crippen molar-refractivity contribution in [2.45, 2.75) is 10.8 Å². The van der Waals surface area contributed by atoms with Crippen LogP contribution in [0.1, 0.15) is 44.5 Å². The summed E-state index contributed by atoms with van der Waals surface area (Å²) in [5, 5.41) is 5.05. The average Bonchev–Trinajstić information content (AvgIpc) is 4.32. The molecule has 17 rings (SSSR count). The van der Waals surface area contributed by atoms with E-state index in [1.54, 1.807) is 0 Å². The molecular formula is C74H47N3. The predicted octanol–water partition coefficient (Wildman–Crippen LogP) is 18.4. The summed E-state index contributed by atoms with van der Waals surface area (Å²) < 4.78 is 4.95. The number of nitrogens with zero attached hydrogens (tertiary/aromatic N) is 3. The first-order chi connectivity index (χ1) is 38.2. The van der Waals surface area contributed by atoms with Crippen LogP contribution in [-0.4, -0.2) is 9.13 Å². The van der Waals surface area contributed by atoms with Crippen LogP contribution in [0.5, 0.6) is 0 Å². The SMILES string of the molecule is c1ccc(C2(c3ccccc3)c3ccccc3-c3c(N(c4ccc(-n5c6ccccc6c6ccccc65)cc4)c4ccc5c(c4)C4(c6ccccc6-5)c5ccccc5-n5c6ccccc6c6cccc4c65)cccc32)cc1. The van der Waals surface area contributed by atoms with Crippen molar-refractivity contribution in [2.24, 2.45) is 0 Å². The Morgan fingerprint density at radius 1 is 0.286 bits per heavy atom. The lowest BCUT2D eigenvalue weighted by atomic mass is 9.65. The largest absolute Gasteiger partial charge is 0.310 e. The van der Waals surface area contributed by atoms with Crippen molar-refractivity contribution in [3.8, 4) is 33.6 Å². The van der Waals surface area contributed by atoms with Crippen LogP contribution in [0.25, 0.3) is 77.2 Å². The fourth-order valence-electron chi connectivity index (χ4n) is 14.7. The van der Waals surface area contributed by atoms with E-state index in [9.17, 15) is 0 Å². The Kier molecular flexibility index (Phi) is 8.69. The molecule has 3 aliphatic rings. The minimum absolute atomic E-state index is 0.566. The van der Waals surface area contributed by atoms with Crippen LogP contribution in [0, 0.1) is 0 Å². The first kappa shape index (κ1) is 42.4. The maximum atomic E-state index is 2.56. The minimum Gasteiger partial charge on any atom is -0.310 e. The van der Waals surface area contributed by atoms with E-state index in [1.807, 2.05) is 0 Å². The molecule has 3 nitrogen and oxygen atoms in total. The Morgan fingerprint density at radius 2 is 0.766 bits per heavy atom. The molecule has 2 aromatic heterocycles. The summed E-state index contributed by atoms with van der Waals surface area (Å²) in [7, 11) is 0. The highest BCUT2D eigenvalue weighted by atomic mass is 15.1. The number of fused-ring (bicyclic) bond motifs is 18. The molecular weight excluding hydrogens is 931 g/mol. The second kappa shape index (κ2) is 15.8. The standard InChI is InChI=1S/C74H47N3/c1-3-21-48(22-4-1)73(49-23-5-2-6-24-49)61-32-13-8-29-59(61)71-63(73)34-20-40-70(71)75(50-41-43-51(44-42-50)76-66-36-15-9-26-55(66)56-27-10-16-37-67(56)76)52-45-46-54-53-25-7-12-31-60(53)74(65(54)47-52)62-33-14-18-39-69(62)77-68-38-17-11-28-57(68)58-30-19-35-64(74)72(58)77/h1-47H. The third-order valence-corrected chi connectivity index (χ3v) is 17.6. The van der Waals surface area contributed by atoms with E-state index in [2.05, 4.69) is 299 Å². The second-order valence-corrected chi connectivity index (χ2v) is 21.0. The summed E-state index contributed by atoms with van der Waals surface area (Å²) in [4.78, 5) is 2.56. The number of para-hydroxylation sites is 5. The molecule has 0 saturated carbocycles. The second-order valence-electron chi connectivity index (χ2n) is 21.0. The molecule has 1 spiro atoms. The van der Waals surface area contributed by atoms with E-state index in [1.165, 1.54) is 116 Å². The van der Waals surface area contributed by atoms with Crippen LogP contribution in [0.2, 0.25) is 0 Å². The van der Waals surface area contributed by atoms with Crippen LogP contribution in [0.3, 0.4) is 0 Å². The summed E-state index contributed by atoms with van der Waals surface area (Å²) in [6.45, 7) is 0. The number of benzene rings is 12. The van der Waals surface area contributed by atoms with Crippen LogP contribution >= 0.6 is 0 Å². The van der Waals surface area contributed by atoms with E-state index in [4.69, 9.17) is 0 Å². The smallest absolute Gasteiger partial charge is 0.0755 e. The summed E-state index contributed by atoms with van der Waals surface area (Å²) in [6.07, 6.45) is 0. The first-order valence-electron chi connectivity index (χ1n) is 26.8. The molecule has 358 valence electrons. The fourth-order valence-corrected chi connectivity index (χ4v) is 14.7. The van der Waals surface area contributed by atoms with E-state index >= 15 is 0 Å². The molecule has 0 fully saturated rings. The number of anilines is 3. The van der Waals surface area contributed by atoms with Gasteiger partial charge in [-0.05, 0) is 128 Å². The first-order valence-corrected chi connectivity index (χ1v) is 26.8. The van der Waals surface area contributed by atoms with Crippen LogP contribution in [0.15, 0.2) is 285 Å². The highest BCUT2D eigenvalue weighted by molar-refractivity contribution is 6.13. The van der Waals surface area contributed by atoms with Crippen molar-refractivity contribution in [1.82, 2.24) is 9.13 Å². The zero-order chi connectivity index (χ0) is 50.4. The zero-order valence-electron chi connectivity index (χ0n) is 42.0. The van der Waals surface area contributed by atoms with Gasteiger partial charge in [0.15, 0.2) is 0 Å².